The van der Waals surface area contributed by atoms with E-state index >= 15 is 0 Å². The molecule has 1 heterocycles. The summed E-state index contributed by atoms with van der Waals surface area (Å²) in [6.45, 7) is 2.41. The van der Waals surface area contributed by atoms with Gasteiger partial charge in [-0.25, -0.2) is 14.6 Å². The number of urea groups is 1. The highest BCUT2D eigenvalue weighted by Gasteiger charge is 2.38. The summed E-state index contributed by atoms with van der Waals surface area (Å²) in [5, 5.41) is 2.31. The maximum absolute atomic E-state index is 11.1. The largest absolute Gasteiger partial charge is 0.422 e. The van der Waals surface area contributed by atoms with Crippen molar-refractivity contribution in [2.24, 2.45) is 5.92 Å². The predicted molar refractivity (Wildman–Crippen MR) is 39.7 cm³/mol. The molecule has 4 nitrogen and oxygen atoms in total. The zero-order chi connectivity index (χ0) is 8.65. The molecule has 0 saturated carbocycles. The van der Waals surface area contributed by atoms with Crippen molar-refractivity contribution in [3.63, 3.8) is 0 Å². The number of nitrogens with one attached hydrogen (secondary N) is 1. The van der Waals surface area contributed by atoms with Crippen molar-refractivity contribution in [3.8, 4) is 0 Å². The Morgan fingerprint density at radius 2 is 2.00 bits per heavy atom. The highest BCUT2D eigenvalue weighted by atomic mass is 16.2. The van der Waals surface area contributed by atoms with E-state index in [0.717, 1.165) is 0 Å². The molecule has 1 aliphatic rings. The average molecular weight is 157 g/mol. The lowest BCUT2D eigenvalue weighted by molar-refractivity contribution is -0.813. The van der Waals surface area contributed by atoms with Crippen LogP contribution in [0, 0.1) is 5.92 Å². The molecule has 1 atom stereocenters. The molecular formula is C7H13N2O2+. The summed E-state index contributed by atoms with van der Waals surface area (Å²) in [5.41, 5.74) is 0. The number of hydrogen-bond donors (Lipinski definition) is 1. The first-order valence-electron chi connectivity index (χ1n) is 3.62. The van der Waals surface area contributed by atoms with Gasteiger partial charge in [-0.15, -0.1) is 0 Å². The highest BCUT2D eigenvalue weighted by molar-refractivity contribution is 5.94. The Hall–Kier alpha value is -0.900. The molecule has 1 N–H and O–H groups in total. The lowest BCUT2D eigenvalue weighted by atomic mass is 10.1. The fraction of sp³-hybridized carbons (Fsp3) is 0.714. The zero-order valence-corrected chi connectivity index (χ0v) is 7.05. The second-order valence-corrected chi connectivity index (χ2v) is 3.56. The molecule has 4 heteroatoms. The van der Waals surface area contributed by atoms with E-state index in [1.807, 2.05) is 6.92 Å². The Bertz CT molecular complexity index is 210. The molecule has 1 rings (SSSR count). The molecule has 1 unspecified atom stereocenters. The summed E-state index contributed by atoms with van der Waals surface area (Å²) < 4.78 is 0.243. The fourth-order valence-corrected chi connectivity index (χ4v) is 1.23. The number of imide groups is 1. The van der Waals surface area contributed by atoms with Gasteiger partial charge in [0.25, 0.3) is 0 Å². The number of nitrogens with zero attached hydrogens (tertiary/aromatic N) is 1. The van der Waals surface area contributed by atoms with Crippen LogP contribution < -0.4 is 5.32 Å². The van der Waals surface area contributed by atoms with Crippen LogP contribution in [0.5, 0.6) is 0 Å². The Labute approximate surface area is 65.8 Å². The third-order valence-corrected chi connectivity index (χ3v) is 1.96. The minimum absolute atomic E-state index is 0.0669. The van der Waals surface area contributed by atoms with E-state index in [4.69, 9.17) is 0 Å². The van der Waals surface area contributed by atoms with Crippen molar-refractivity contribution < 1.29 is 14.1 Å². The minimum atomic E-state index is -0.215. The zero-order valence-electron chi connectivity index (χ0n) is 7.05. The van der Waals surface area contributed by atoms with Crippen LogP contribution in [0.2, 0.25) is 0 Å². The van der Waals surface area contributed by atoms with Gasteiger partial charge < -0.3 is 0 Å². The quantitative estimate of drug-likeness (QED) is 0.501. The first kappa shape index (κ1) is 8.20. The molecule has 1 fully saturated rings. The number of carbonyl (C=O) groups excluding carboxylic acids is 2. The van der Waals surface area contributed by atoms with E-state index in [9.17, 15) is 9.59 Å². The molecule has 1 aliphatic heterocycles. The fourth-order valence-electron chi connectivity index (χ4n) is 1.23. The minimum Gasteiger partial charge on any atom is -0.274 e. The normalized spacial score (nSPS) is 29.9. The van der Waals surface area contributed by atoms with E-state index in [1.54, 1.807) is 14.1 Å². The predicted octanol–water partition coefficient (Wildman–Crippen LogP) is -0.0513. The lowest BCUT2D eigenvalue weighted by Crippen LogP contribution is -2.61. The number of amides is 3. The van der Waals surface area contributed by atoms with Crippen LogP contribution >= 0.6 is 0 Å². The van der Waals surface area contributed by atoms with Crippen molar-refractivity contribution in [2.75, 3.05) is 20.6 Å². The maximum atomic E-state index is 11.1. The van der Waals surface area contributed by atoms with Crippen molar-refractivity contribution in [2.45, 2.75) is 6.92 Å². The molecule has 0 aromatic rings. The van der Waals surface area contributed by atoms with Gasteiger partial charge in [0.05, 0.1) is 26.6 Å². The molecule has 1 saturated heterocycles. The Morgan fingerprint density at radius 1 is 1.45 bits per heavy atom. The molecule has 0 radical (unpaired) electrons. The van der Waals surface area contributed by atoms with Gasteiger partial charge in [0, 0.05) is 0 Å². The second kappa shape index (κ2) is 2.30. The summed E-state index contributed by atoms with van der Waals surface area (Å²) in [4.78, 5) is 22.1. The first-order valence-corrected chi connectivity index (χ1v) is 3.62. The maximum Gasteiger partial charge on any atom is 0.422 e. The monoisotopic (exact) mass is 157 g/mol. The average Bonchev–Trinajstić information content (AvgIpc) is 1.83. The topological polar surface area (TPSA) is 46.2 Å². The van der Waals surface area contributed by atoms with Crippen molar-refractivity contribution >= 4 is 11.9 Å². The van der Waals surface area contributed by atoms with E-state index < -0.39 is 0 Å². The van der Waals surface area contributed by atoms with Gasteiger partial charge in [0.15, 0.2) is 0 Å². The van der Waals surface area contributed by atoms with E-state index in [-0.39, 0.29) is 22.3 Å². The van der Waals surface area contributed by atoms with Crippen LogP contribution in [0.4, 0.5) is 4.79 Å². The van der Waals surface area contributed by atoms with Gasteiger partial charge in [-0.05, 0) is 6.92 Å². The van der Waals surface area contributed by atoms with E-state index in [0.29, 0.717) is 6.54 Å². The SMILES string of the molecule is CC1C[N+](C)(C)C(=O)NC1=O. The van der Waals surface area contributed by atoms with Gasteiger partial charge >= 0.3 is 6.03 Å². The summed E-state index contributed by atoms with van der Waals surface area (Å²) >= 11 is 0. The molecule has 0 spiro atoms. The third-order valence-electron chi connectivity index (χ3n) is 1.96. The van der Waals surface area contributed by atoms with Crippen LogP contribution in [0.3, 0.4) is 0 Å². The lowest BCUT2D eigenvalue weighted by Gasteiger charge is -2.32. The first-order chi connectivity index (χ1) is 4.93. The molecule has 0 aromatic heterocycles. The molecule has 0 aromatic carbocycles. The van der Waals surface area contributed by atoms with Gasteiger partial charge in [-0.1, -0.05) is 0 Å². The summed E-state index contributed by atoms with van der Waals surface area (Å²) in [7, 11) is 3.58. The van der Waals surface area contributed by atoms with Gasteiger partial charge in [0.1, 0.15) is 0 Å². The summed E-state index contributed by atoms with van der Waals surface area (Å²) in [6.07, 6.45) is 0. The van der Waals surface area contributed by atoms with Crippen molar-refractivity contribution in [3.05, 3.63) is 0 Å². The van der Waals surface area contributed by atoms with Gasteiger partial charge in [-0.3, -0.25) is 4.79 Å². The second-order valence-electron chi connectivity index (χ2n) is 3.56. The third kappa shape index (κ3) is 1.40. The number of hydrogen-bond acceptors (Lipinski definition) is 2. The summed E-state index contributed by atoms with van der Waals surface area (Å²) in [6, 6.07) is -0.215. The number of quaternary nitrogens is 1. The van der Waals surface area contributed by atoms with Gasteiger partial charge in [-0.2, -0.15) is 0 Å². The Balaban J connectivity index is 2.79. The molecule has 11 heavy (non-hydrogen) atoms. The van der Waals surface area contributed by atoms with E-state index in [2.05, 4.69) is 5.32 Å². The van der Waals surface area contributed by atoms with Crippen molar-refractivity contribution in [1.29, 1.82) is 0 Å². The number of rotatable bonds is 0. The molecule has 0 aliphatic carbocycles. The van der Waals surface area contributed by atoms with Crippen LogP contribution in [-0.2, 0) is 4.79 Å². The molecule has 0 bridgehead atoms. The smallest absolute Gasteiger partial charge is 0.274 e. The molecular weight excluding hydrogens is 144 g/mol. The number of carbonyl (C=O) groups is 2. The molecule has 3 amide bonds. The van der Waals surface area contributed by atoms with Crippen LogP contribution in [0.1, 0.15) is 6.92 Å². The highest BCUT2D eigenvalue weighted by Crippen LogP contribution is 2.11. The Kier molecular flexibility index (Phi) is 1.72. The molecule has 62 valence electrons. The van der Waals surface area contributed by atoms with Gasteiger partial charge in [0.2, 0.25) is 5.91 Å². The summed E-state index contributed by atoms with van der Waals surface area (Å²) in [5.74, 6) is -0.227. The Morgan fingerprint density at radius 3 is 2.45 bits per heavy atom. The van der Waals surface area contributed by atoms with Crippen molar-refractivity contribution in [1.82, 2.24) is 5.32 Å². The van der Waals surface area contributed by atoms with Crippen LogP contribution in [-0.4, -0.2) is 37.1 Å². The van der Waals surface area contributed by atoms with Crippen LogP contribution in [0.25, 0.3) is 0 Å². The van der Waals surface area contributed by atoms with Crippen LogP contribution in [0.15, 0.2) is 0 Å². The van der Waals surface area contributed by atoms with E-state index in [1.165, 1.54) is 0 Å². The standard InChI is InChI=1S/C7H12N2O2/c1-5-4-9(2,3)7(11)8-6(5)10/h5H,4H2,1-3H3/p+1.